The predicted molar refractivity (Wildman–Crippen MR) is 213 cm³/mol. The molecule has 3 aromatic rings. The van der Waals surface area contributed by atoms with E-state index >= 15 is 0 Å². The molecular formula is C43H56N6O9. The SMILES string of the molecule is O=C(O)CN1CCN(CCCn2c3c(c4ccccc42)C[C@@]2(O)[C@@H]4Cc5ccc(O)c6c5[C@@]2(CCN4CC2CC2)[C@H]3O6)CCN(CC(=O)O)CCN(CC(=O)O)CC1. The average Bonchev–Trinajstić information content (AvgIpc) is 3.85. The Labute approximate surface area is 338 Å². The summed E-state index contributed by atoms with van der Waals surface area (Å²) >= 11 is 0. The molecule has 1 spiro atoms. The first-order valence-corrected chi connectivity index (χ1v) is 21.1. The Kier molecular flexibility index (Phi) is 10.4. The number of rotatable bonds is 12. The van der Waals surface area contributed by atoms with Gasteiger partial charge in [0.1, 0.15) is 0 Å². The number of phenolic OH excluding ortho intramolecular Hbond substituents is 1. The average molecular weight is 801 g/mol. The number of hydrogen-bond donors (Lipinski definition) is 5. The summed E-state index contributed by atoms with van der Waals surface area (Å²) in [6.07, 6.45) is 4.74. The third-order valence-electron chi connectivity index (χ3n) is 14.2. The van der Waals surface area contributed by atoms with Crippen molar-refractivity contribution in [2.24, 2.45) is 5.92 Å². The number of para-hydroxylation sites is 1. The fourth-order valence-electron chi connectivity index (χ4n) is 11.3. The van der Waals surface area contributed by atoms with E-state index in [1.165, 1.54) is 12.8 Å². The number of carbonyl (C=O) groups is 3. The number of carboxylic acids is 3. The number of aryl methyl sites for hydroxylation is 1. The van der Waals surface area contributed by atoms with Crippen molar-refractivity contribution in [3.05, 3.63) is 58.8 Å². The number of phenols is 1. The number of aliphatic carboxylic acids is 3. The molecule has 0 amide bonds. The summed E-state index contributed by atoms with van der Waals surface area (Å²) in [5.74, 6) is -1.54. The third-order valence-corrected chi connectivity index (χ3v) is 14.2. The van der Waals surface area contributed by atoms with Crippen LogP contribution in [0.25, 0.3) is 10.9 Å². The third kappa shape index (κ3) is 6.92. The van der Waals surface area contributed by atoms with Gasteiger partial charge in [0.05, 0.1) is 36.3 Å². The molecule has 1 aromatic heterocycles. The number of nitrogens with zero attached hydrogens (tertiary/aromatic N) is 6. The van der Waals surface area contributed by atoms with Gasteiger partial charge in [0, 0.05) is 94.4 Å². The Hall–Kier alpha value is -4.25. The number of hydrogen-bond acceptors (Lipinski definition) is 11. The van der Waals surface area contributed by atoms with Crippen molar-refractivity contribution in [3.63, 3.8) is 0 Å². The summed E-state index contributed by atoms with van der Waals surface area (Å²) in [7, 11) is 0. The minimum Gasteiger partial charge on any atom is -0.504 e. The van der Waals surface area contributed by atoms with Gasteiger partial charge in [0.15, 0.2) is 17.6 Å². The van der Waals surface area contributed by atoms with Crippen LogP contribution in [0.4, 0.5) is 0 Å². The van der Waals surface area contributed by atoms with Crippen molar-refractivity contribution in [1.82, 2.24) is 29.1 Å². The Bertz CT molecular complexity index is 2060. The number of carboxylic acid groups (broad SMARTS) is 3. The zero-order valence-electron chi connectivity index (χ0n) is 33.1. The number of aromatic hydroxyl groups is 1. The summed E-state index contributed by atoms with van der Waals surface area (Å²) in [6, 6.07) is 12.1. The summed E-state index contributed by atoms with van der Waals surface area (Å²) in [5.41, 5.74) is 3.65. The molecule has 3 aliphatic carbocycles. The number of benzene rings is 2. The lowest BCUT2D eigenvalue weighted by atomic mass is 9.49. The van der Waals surface area contributed by atoms with Gasteiger partial charge in [-0.25, -0.2) is 0 Å². The number of piperidine rings is 1. The zero-order valence-corrected chi connectivity index (χ0v) is 33.1. The van der Waals surface area contributed by atoms with E-state index in [0.29, 0.717) is 83.5 Å². The first-order chi connectivity index (χ1) is 27.9. The molecule has 312 valence electrons. The van der Waals surface area contributed by atoms with Crippen molar-refractivity contribution >= 4 is 28.8 Å². The van der Waals surface area contributed by atoms with Crippen LogP contribution in [-0.4, -0.2) is 176 Å². The molecule has 15 nitrogen and oxygen atoms in total. The highest BCUT2D eigenvalue weighted by Gasteiger charge is 2.73. The van der Waals surface area contributed by atoms with Gasteiger partial charge in [0.2, 0.25) is 0 Å². The van der Waals surface area contributed by atoms with Crippen LogP contribution in [0.5, 0.6) is 11.5 Å². The second-order valence-electron chi connectivity index (χ2n) is 17.7. The molecule has 9 rings (SSSR count). The van der Waals surface area contributed by atoms with E-state index in [0.717, 1.165) is 65.6 Å². The molecule has 0 radical (unpaired) electrons. The molecule has 0 unspecified atom stereocenters. The largest absolute Gasteiger partial charge is 0.504 e. The van der Waals surface area contributed by atoms with Crippen LogP contribution in [0.3, 0.4) is 0 Å². The molecule has 3 fully saturated rings. The van der Waals surface area contributed by atoms with E-state index in [4.69, 9.17) is 4.74 Å². The normalized spacial score (nSPS) is 28.3. The van der Waals surface area contributed by atoms with Gasteiger partial charge in [-0.15, -0.1) is 0 Å². The van der Waals surface area contributed by atoms with Gasteiger partial charge in [-0.2, -0.15) is 0 Å². The molecule has 3 aliphatic heterocycles. The van der Waals surface area contributed by atoms with Gasteiger partial charge in [0.25, 0.3) is 0 Å². The van der Waals surface area contributed by atoms with E-state index in [-0.39, 0.29) is 31.4 Å². The minimum absolute atomic E-state index is 0.0540. The summed E-state index contributed by atoms with van der Waals surface area (Å²) in [5, 5.41) is 54.7. The van der Waals surface area contributed by atoms with E-state index in [1.807, 2.05) is 15.9 Å². The number of likely N-dealkylation sites (tertiary alicyclic amines) is 1. The summed E-state index contributed by atoms with van der Waals surface area (Å²) < 4.78 is 9.37. The first-order valence-electron chi connectivity index (χ1n) is 21.1. The summed E-state index contributed by atoms with van der Waals surface area (Å²) in [6.45, 7) is 6.23. The lowest BCUT2D eigenvalue weighted by Crippen LogP contribution is -2.74. The van der Waals surface area contributed by atoms with Gasteiger partial charge in [-0.1, -0.05) is 24.3 Å². The maximum atomic E-state index is 13.4. The Morgan fingerprint density at radius 1 is 0.759 bits per heavy atom. The van der Waals surface area contributed by atoms with Crippen molar-refractivity contribution < 1.29 is 44.7 Å². The second kappa shape index (κ2) is 15.4. The van der Waals surface area contributed by atoms with Crippen LogP contribution in [0, 0.1) is 5.92 Å². The quantitative estimate of drug-likeness (QED) is 0.179. The van der Waals surface area contributed by atoms with Crippen LogP contribution < -0.4 is 4.74 Å². The fraction of sp³-hybridized carbons (Fsp3) is 0.605. The number of aliphatic hydroxyl groups is 1. The predicted octanol–water partition coefficient (Wildman–Crippen LogP) is 1.91. The zero-order chi connectivity index (χ0) is 40.3. The fourth-order valence-corrected chi connectivity index (χ4v) is 11.3. The molecule has 15 heteroatoms. The lowest BCUT2D eigenvalue weighted by Gasteiger charge is -2.63. The van der Waals surface area contributed by atoms with E-state index in [9.17, 15) is 39.9 Å². The van der Waals surface area contributed by atoms with E-state index in [1.54, 1.807) is 11.0 Å². The molecule has 2 bridgehead atoms. The van der Waals surface area contributed by atoms with Crippen LogP contribution >= 0.6 is 0 Å². The molecule has 4 heterocycles. The lowest BCUT2D eigenvalue weighted by molar-refractivity contribution is -0.173. The van der Waals surface area contributed by atoms with Gasteiger partial charge in [-0.05, 0) is 74.4 Å². The molecule has 2 saturated heterocycles. The maximum Gasteiger partial charge on any atom is 0.317 e. The standard InChI is InChI=1S/C43H56N6O9/c50-33-9-8-29-22-34-43(57)23-31-30-4-1-2-5-32(30)49(39(31)41-42(43,38(29)40(33)58-41)10-13-48(34)24-28-6-7-28)12-3-11-44-14-16-45(25-35(51)52)18-20-47(27-37(55)56)21-19-46(17-15-44)26-36(53)54/h1-2,4-5,8-9,28,34,41,50,57H,3,6-7,10-27H2,(H,51,52)(H,53,54)(H,55,56)/t34-,41-,42-,43+/m0/s1. The van der Waals surface area contributed by atoms with Crippen LogP contribution in [0.15, 0.2) is 36.4 Å². The number of ether oxygens (including phenoxy) is 1. The Morgan fingerprint density at radius 3 is 1.97 bits per heavy atom. The highest BCUT2D eigenvalue weighted by molar-refractivity contribution is 5.87. The Balaban J connectivity index is 1.01. The van der Waals surface area contributed by atoms with Gasteiger partial charge in [-0.3, -0.25) is 34.0 Å². The van der Waals surface area contributed by atoms with Crippen LogP contribution in [-0.2, 0) is 39.2 Å². The van der Waals surface area contributed by atoms with Gasteiger partial charge >= 0.3 is 17.9 Å². The molecule has 1 saturated carbocycles. The smallest absolute Gasteiger partial charge is 0.317 e. The van der Waals surface area contributed by atoms with E-state index in [2.05, 4.69) is 38.6 Å². The second-order valence-corrected chi connectivity index (χ2v) is 17.7. The Morgan fingerprint density at radius 2 is 1.36 bits per heavy atom. The minimum atomic E-state index is -1.08. The molecule has 58 heavy (non-hydrogen) atoms. The topological polar surface area (TPSA) is 183 Å². The van der Waals surface area contributed by atoms with Crippen molar-refractivity contribution in [3.8, 4) is 11.5 Å². The van der Waals surface area contributed by atoms with Crippen molar-refractivity contribution in [2.75, 3.05) is 91.6 Å². The summed E-state index contributed by atoms with van der Waals surface area (Å²) in [4.78, 5) is 45.6. The highest BCUT2D eigenvalue weighted by atomic mass is 16.5. The number of aromatic nitrogens is 1. The molecule has 6 aliphatic rings. The van der Waals surface area contributed by atoms with E-state index < -0.39 is 35.0 Å². The monoisotopic (exact) mass is 800 g/mol. The number of fused-ring (bicyclic) bond motifs is 4. The maximum absolute atomic E-state index is 13.4. The molecule has 5 N–H and O–H groups in total. The molecular weight excluding hydrogens is 745 g/mol. The highest BCUT2D eigenvalue weighted by Crippen LogP contribution is 2.69. The molecule has 4 atom stereocenters. The first kappa shape index (κ1) is 39.2. The van der Waals surface area contributed by atoms with Gasteiger partial charge < -0.3 is 39.7 Å². The van der Waals surface area contributed by atoms with Crippen LogP contribution in [0.1, 0.15) is 54.2 Å². The molecule has 2 aromatic carbocycles. The van der Waals surface area contributed by atoms with Crippen molar-refractivity contribution in [1.29, 1.82) is 0 Å². The van der Waals surface area contributed by atoms with Crippen LogP contribution in [0.2, 0.25) is 0 Å². The van der Waals surface area contributed by atoms with Crippen molar-refractivity contribution in [2.45, 2.75) is 68.2 Å².